The highest BCUT2D eigenvalue weighted by atomic mass is 16.5. The van der Waals surface area contributed by atoms with Crippen LogP contribution in [0, 0.1) is 0 Å². The van der Waals surface area contributed by atoms with Crippen LogP contribution < -0.4 is 15.4 Å². The van der Waals surface area contributed by atoms with Gasteiger partial charge in [-0.3, -0.25) is 9.89 Å². The standard InChI is InChI=1S/C21H32N4O/c1-15-12-17(14-25(15)18-10-11-18)24-21(22-2)23-13-16-6-3-4-9-20(16)26-19-7-5-8-19/h3-4,6,9,15,17-19H,5,7-8,10-14H2,1-2H3,(H2,22,23,24). The molecular weight excluding hydrogens is 324 g/mol. The minimum Gasteiger partial charge on any atom is -0.490 e. The number of likely N-dealkylation sites (tertiary alicyclic amines) is 1. The van der Waals surface area contributed by atoms with Crippen LogP contribution in [-0.4, -0.2) is 48.7 Å². The molecule has 1 aromatic rings. The van der Waals surface area contributed by atoms with Gasteiger partial charge in [0.05, 0.1) is 6.10 Å². The maximum absolute atomic E-state index is 6.14. The van der Waals surface area contributed by atoms with Crippen LogP contribution in [0.1, 0.15) is 51.0 Å². The molecule has 3 aliphatic rings. The van der Waals surface area contributed by atoms with E-state index in [4.69, 9.17) is 4.74 Å². The number of rotatable bonds is 6. The zero-order chi connectivity index (χ0) is 17.9. The van der Waals surface area contributed by atoms with E-state index in [1.165, 1.54) is 44.1 Å². The van der Waals surface area contributed by atoms with E-state index in [0.717, 1.165) is 30.8 Å². The Bertz CT molecular complexity index is 639. The molecule has 0 aromatic heterocycles. The fraction of sp³-hybridized carbons (Fsp3) is 0.667. The highest BCUT2D eigenvalue weighted by Crippen LogP contribution is 2.33. The fourth-order valence-electron chi connectivity index (χ4n) is 4.08. The van der Waals surface area contributed by atoms with E-state index in [0.29, 0.717) is 18.2 Å². The number of hydrogen-bond donors (Lipinski definition) is 2. The Balaban J connectivity index is 1.30. The van der Waals surface area contributed by atoms with Crippen molar-refractivity contribution in [3.8, 4) is 5.75 Å². The molecule has 2 atom stereocenters. The van der Waals surface area contributed by atoms with Gasteiger partial charge in [-0.1, -0.05) is 18.2 Å². The maximum atomic E-state index is 6.14. The largest absolute Gasteiger partial charge is 0.490 e. The molecule has 2 unspecified atom stereocenters. The number of aliphatic imine (C=N–C) groups is 1. The number of para-hydroxylation sites is 1. The molecule has 142 valence electrons. The molecule has 2 aliphatic carbocycles. The SMILES string of the molecule is CN=C(NCc1ccccc1OC1CCC1)NC1CC(C)N(C2CC2)C1. The van der Waals surface area contributed by atoms with Crippen LogP contribution in [0.15, 0.2) is 29.3 Å². The molecule has 2 N–H and O–H groups in total. The second-order valence-electron chi connectivity index (χ2n) is 8.06. The molecule has 26 heavy (non-hydrogen) atoms. The van der Waals surface area contributed by atoms with Crippen molar-refractivity contribution >= 4 is 5.96 Å². The first kappa shape index (κ1) is 17.7. The number of guanidine groups is 1. The molecule has 5 heteroatoms. The summed E-state index contributed by atoms with van der Waals surface area (Å²) in [6, 6.07) is 10.3. The lowest BCUT2D eigenvalue weighted by atomic mass is 9.96. The van der Waals surface area contributed by atoms with Crippen LogP contribution in [0.3, 0.4) is 0 Å². The number of nitrogens with zero attached hydrogens (tertiary/aromatic N) is 2. The van der Waals surface area contributed by atoms with Crippen LogP contribution in [0.4, 0.5) is 0 Å². The Hall–Kier alpha value is -1.75. The van der Waals surface area contributed by atoms with Crippen LogP contribution >= 0.6 is 0 Å². The second kappa shape index (κ2) is 7.87. The lowest BCUT2D eigenvalue weighted by Gasteiger charge is -2.27. The van der Waals surface area contributed by atoms with Crippen molar-refractivity contribution < 1.29 is 4.74 Å². The Kier molecular flexibility index (Phi) is 5.34. The second-order valence-corrected chi connectivity index (χ2v) is 8.06. The number of benzene rings is 1. The quantitative estimate of drug-likeness (QED) is 0.608. The predicted molar refractivity (Wildman–Crippen MR) is 106 cm³/mol. The minimum atomic E-state index is 0.405. The molecule has 0 spiro atoms. The Morgan fingerprint density at radius 3 is 2.73 bits per heavy atom. The van der Waals surface area contributed by atoms with Gasteiger partial charge in [-0.05, 0) is 51.5 Å². The molecule has 0 radical (unpaired) electrons. The third-order valence-electron chi connectivity index (χ3n) is 5.97. The first-order chi connectivity index (χ1) is 12.7. The summed E-state index contributed by atoms with van der Waals surface area (Å²) in [5, 5.41) is 7.10. The van der Waals surface area contributed by atoms with E-state index in [2.05, 4.69) is 51.7 Å². The minimum absolute atomic E-state index is 0.405. The highest BCUT2D eigenvalue weighted by molar-refractivity contribution is 5.80. The van der Waals surface area contributed by atoms with Crippen molar-refractivity contribution in [2.45, 2.75) is 76.2 Å². The Morgan fingerprint density at radius 1 is 1.23 bits per heavy atom. The normalized spacial score (nSPS) is 27.2. The number of ether oxygens (including phenoxy) is 1. The first-order valence-electron chi connectivity index (χ1n) is 10.2. The van der Waals surface area contributed by atoms with E-state index in [9.17, 15) is 0 Å². The van der Waals surface area contributed by atoms with E-state index in [1.807, 2.05) is 7.05 Å². The van der Waals surface area contributed by atoms with Gasteiger partial charge in [-0.15, -0.1) is 0 Å². The van der Waals surface area contributed by atoms with Gasteiger partial charge in [-0.2, -0.15) is 0 Å². The van der Waals surface area contributed by atoms with Crippen molar-refractivity contribution in [2.24, 2.45) is 4.99 Å². The zero-order valence-electron chi connectivity index (χ0n) is 16.1. The van der Waals surface area contributed by atoms with Crippen molar-refractivity contribution in [1.82, 2.24) is 15.5 Å². The smallest absolute Gasteiger partial charge is 0.191 e. The lowest BCUT2D eigenvalue weighted by molar-refractivity contribution is 0.119. The van der Waals surface area contributed by atoms with Gasteiger partial charge in [0.15, 0.2) is 5.96 Å². The lowest BCUT2D eigenvalue weighted by Crippen LogP contribution is -2.44. The molecule has 0 amide bonds. The Labute approximate surface area is 157 Å². The van der Waals surface area contributed by atoms with E-state index in [1.54, 1.807) is 0 Å². The van der Waals surface area contributed by atoms with Crippen LogP contribution in [0.5, 0.6) is 5.75 Å². The third kappa shape index (κ3) is 4.14. The summed E-state index contributed by atoms with van der Waals surface area (Å²) in [5.74, 6) is 1.90. The maximum Gasteiger partial charge on any atom is 0.191 e. The zero-order valence-corrected chi connectivity index (χ0v) is 16.1. The molecule has 1 aromatic carbocycles. The van der Waals surface area contributed by atoms with E-state index < -0.39 is 0 Å². The summed E-state index contributed by atoms with van der Waals surface area (Å²) in [6.45, 7) is 4.22. The molecule has 2 saturated carbocycles. The molecule has 5 nitrogen and oxygen atoms in total. The fourth-order valence-corrected chi connectivity index (χ4v) is 4.08. The van der Waals surface area contributed by atoms with E-state index in [-0.39, 0.29) is 0 Å². The molecule has 4 rings (SSSR count). The number of nitrogens with one attached hydrogen (secondary N) is 2. The van der Waals surface area contributed by atoms with E-state index >= 15 is 0 Å². The van der Waals surface area contributed by atoms with Crippen LogP contribution in [0.2, 0.25) is 0 Å². The molecular formula is C21H32N4O. The molecule has 1 aliphatic heterocycles. The highest BCUT2D eigenvalue weighted by Gasteiger charge is 2.38. The van der Waals surface area contributed by atoms with Crippen molar-refractivity contribution in [2.75, 3.05) is 13.6 Å². The summed E-state index contributed by atoms with van der Waals surface area (Å²) < 4.78 is 6.14. The van der Waals surface area contributed by atoms with Gasteiger partial charge in [0.2, 0.25) is 0 Å². The summed E-state index contributed by atoms with van der Waals surface area (Å²) >= 11 is 0. The molecule has 1 heterocycles. The van der Waals surface area contributed by atoms with Gasteiger partial charge in [0, 0.05) is 43.8 Å². The van der Waals surface area contributed by atoms with Crippen molar-refractivity contribution in [3.05, 3.63) is 29.8 Å². The van der Waals surface area contributed by atoms with Gasteiger partial charge in [0.25, 0.3) is 0 Å². The average molecular weight is 357 g/mol. The van der Waals surface area contributed by atoms with Crippen LogP contribution in [0.25, 0.3) is 0 Å². The summed E-state index contributed by atoms with van der Waals surface area (Å²) in [7, 11) is 1.85. The van der Waals surface area contributed by atoms with Gasteiger partial charge in [-0.25, -0.2) is 0 Å². The van der Waals surface area contributed by atoms with Gasteiger partial charge >= 0.3 is 0 Å². The summed E-state index contributed by atoms with van der Waals surface area (Å²) in [6.07, 6.45) is 8.01. The molecule has 1 saturated heterocycles. The average Bonchev–Trinajstić information content (AvgIpc) is 3.39. The first-order valence-corrected chi connectivity index (χ1v) is 10.2. The van der Waals surface area contributed by atoms with Crippen molar-refractivity contribution in [3.63, 3.8) is 0 Å². The monoisotopic (exact) mass is 356 g/mol. The third-order valence-corrected chi connectivity index (χ3v) is 5.97. The predicted octanol–water partition coefficient (Wildman–Crippen LogP) is 2.91. The Morgan fingerprint density at radius 2 is 2.04 bits per heavy atom. The molecule has 3 fully saturated rings. The van der Waals surface area contributed by atoms with Crippen LogP contribution in [-0.2, 0) is 6.54 Å². The summed E-state index contributed by atoms with van der Waals surface area (Å²) in [5.41, 5.74) is 1.20. The number of hydrogen-bond acceptors (Lipinski definition) is 3. The van der Waals surface area contributed by atoms with Crippen molar-refractivity contribution in [1.29, 1.82) is 0 Å². The topological polar surface area (TPSA) is 48.9 Å². The van der Waals surface area contributed by atoms with Gasteiger partial charge in [0.1, 0.15) is 5.75 Å². The van der Waals surface area contributed by atoms with Gasteiger partial charge < -0.3 is 15.4 Å². The molecule has 0 bridgehead atoms. The summed E-state index contributed by atoms with van der Waals surface area (Å²) in [4.78, 5) is 7.09.